The Morgan fingerprint density at radius 3 is 2.56 bits per heavy atom. The van der Waals surface area contributed by atoms with Crippen molar-refractivity contribution in [2.75, 3.05) is 13.7 Å². The zero-order chi connectivity index (χ0) is 18.4. The van der Waals surface area contributed by atoms with Crippen molar-refractivity contribution in [3.05, 3.63) is 53.3 Å². The van der Waals surface area contributed by atoms with Gasteiger partial charge in [-0.3, -0.25) is 4.98 Å². The molecule has 0 aliphatic carbocycles. The minimum atomic E-state index is -4.48. The van der Waals surface area contributed by atoms with E-state index in [9.17, 15) is 18.4 Å². The Labute approximate surface area is 143 Å². The molecule has 1 aromatic heterocycles. The first-order valence-electron chi connectivity index (χ1n) is 7.36. The van der Waals surface area contributed by atoms with E-state index in [4.69, 9.17) is 9.47 Å². The van der Waals surface area contributed by atoms with Crippen LogP contribution in [-0.2, 0) is 6.18 Å². The summed E-state index contributed by atoms with van der Waals surface area (Å²) in [5, 5.41) is 9.35. The number of allylic oxidation sites excluding steroid dienone is 1. The Balaban J connectivity index is 2.45. The lowest BCUT2D eigenvalue weighted by atomic mass is 10.1. The first-order chi connectivity index (χ1) is 11.9. The zero-order valence-electron chi connectivity index (χ0n) is 13.6. The predicted molar refractivity (Wildman–Crippen MR) is 86.9 cm³/mol. The number of hydrogen-bond donors (Lipinski definition) is 0. The van der Waals surface area contributed by atoms with Crippen LogP contribution in [0.3, 0.4) is 0 Å². The normalized spacial score (nSPS) is 11.8. The van der Waals surface area contributed by atoms with Gasteiger partial charge in [-0.15, -0.1) is 0 Å². The molecule has 0 radical (unpaired) electrons. The van der Waals surface area contributed by atoms with Gasteiger partial charge in [-0.25, -0.2) is 0 Å². The van der Waals surface area contributed by atoms with Crippen LogP contribution in [0.25, 0.3) is 11.6 Å². The van der Waals surface area contributed by atoms with Crippen LogP contribution >= 0.6 is 0 Å². The van der Waals surface area contributed by atoms with E-state index < -0.39 is 11.7 Å². The van der Waals surface area contributed by atoms with Crippen LogP contribution in [0.4, 0.5) is 13.2 Å². The van der Waals surface area contributed by atoms with Gasteiger partial charge in [0.2, 0.25) is 0 Å². The van der Waals surface area contributed by atoms with Crippen LogP contribution in [0, 0.1) is 11.3 Å². The number of ether oxygens (including phenoxy) is 2. The van der Waals surface area contributed by atoms with Crippen molar-refractivity contribution < 1.29 is 22.6 Å². The van der Waals surface area contributed by atoms with E-state index in [0.717, 1.165) is 12.1 Å². The summed E-state index contributed by atoms with van der Waals surface area (Å²) >= 11 is 0. The molecule has 7 heteroatoms. The second-order valence-corrected chi connectivity index (χ2v) is 4.91. The first kappa shape index (κ1) is 18.3. The molecule has 130 valence electrons. The first-order valence-corrected chi connectivity index (χ1v) is 7.36. The van der Waals surface area contributed by atoms with Crippen molar-refractivity contribution in [3.8, 4) is 17.6 Å². The van der Waals surface area contributed by atoms with Crippen molar-refractivity contribution >= 4 is 11.6 Å². The topological polar surface area (TPSA) is 55.1 Å². The fraction of sp³-hybridized carbons (Fsp3) is 0.222. The highest BCUT2D eigenvalue weighted by atomic mass is 19.4. The second-order valence-electron chi connectivity index (χ2n) is 4.91. The molecule has 2 aromatic rings. The number of nitrogens with zero attached hydrogens (tertiary/aromatic N) is 2. The summed E-state index contributed by atoms with van der Waals surface area (Å²) in [5.41, 5.74) is -0.0591. The Morgan fingerprint density at radius 1 is 1.28 bits per heavy atom. The summed E-state index contributed by atoms with van der Waals surface area (Å²) in [4.78, 5) is 3.74. The largest absolute Gasteiger partial charge is 0.492 e. The molecule has 0 amide bonds. The molecular formula is C18H15F3N2O2. The molecule has 4 nitrogen and oxygen atoms in total. The molecule has 0 unspecified atom stereocenters. The average molecular weight is 348 g/mol. The van der Waals surface area contributed by atoms with Gasteiger partial charge in [0.1, 0.15) is 6.07 Å². The molecule has 2 rings (SSSR count). The summed E-state index contributed by atoms with van der Waals surface area (Å²) in [6, 6.07) is 9.17. The number of methoxy groups -OCH3 is 1. The van der Waals surface area contributed by atoms with E-state index in [1.54, 1.807) is 18.2 Å². The van der Waals surface area contributed by atoms with Gasteiger partial charge in [-0.2, -0.15) is 18.4 Å². The van der Waals surface area contributed by atoms with Crippen LogP contribution in [0.1, 0.15) is 23.7 Å². The Morgan fingerprint density at radius 2 is 2.04 bits per heavy atom. The van der Waals surface area contributed by atoms with E-state index in [1.807, 2.05) is 13.0 Å². The number of rotatable bonds is 5. The molecule has 0 saturated carbocycles. The van der Waals surface area contributed by atoms with Gasteiger partial charge in [0, 0.05) is 11.8 Å². The monoisotopic (exact) mass is 348 g/mol. The second kappa shape index (κ2) is 7.71. The number of hydrogen-bond acceptors (Lipinski definition) is 4. The van der Waals surface area contributed by atoms with Gasteiger partial charge in [-0.05, 0) is 31.2 Å². The summed E-state index contributed by atoms with van der Waals surface area (Å²) < 4.78 is 48.6. The molecular weight excluding hydrogens is 333 g/mol. The number of alkyl halides is 3. The van der Waals surface area contributed by atoms with Crippen LogP contribution in [-0.4, -0.2) is 18.7 Å². The number of benzene rings is 1. The number of nitriles is 1. The Kier molecular flexibility index (Phi) is 5.65. The number of para-hydroxylation sites is 1. The lowest BCUT2D eigenvalue weighted by molar-refractivity contribution is -0.137. The highest BCUT2D eigenvalue weighted by Gasteiger charge is 2.30. The zero-order valence-corrected chi connectivity index (χ0v) is 13.6. The predicted octanol–water partition coefficient (Wildman–Crippen LogP) is 4.57. The maximum absolute atomic E-state index is 12.6. The van der Waals surface area contributed by atoms with E-state index in [0.29, 0.717) is 29.9 Å². The summed E-state index contributed by atoms with van der Waals surface area (Å²) in [5.74, 6) is 0.945. The van der Waals surface area contributed by atoms with Gasteiger partial charge >= 0.3 is 6.18 Å². The molecule has 0 bridgehead atoms. The van der Waals surface area contributed by atoms with Crippen molar-refractivity contribution in [1.82, 2.24) is 4.98 Å². The van der Waals surface area contributed by atoms with Gasteiger partial charge < -0.3 is 9.47 Å². The molecule has 0 aliphatic rings. The third-order valence-electron chi connectivity index (χ3n) is 3.30. The molecule has 0 atom stereocenters. The van der Waals surface area contributed by atoms with E-state index in [2.05, 4.69) is 4.98 Å². The minimum Gasteiger partial charge on any atom is -0.492 e. The van der Waals surface area contributed by atoms with Gasteiger partial charge in [0.05, 0.1) is 30.5 Å². The van der Waals surface area contributed by atoms with Gasteiger partial charge in [-0.1, -0.05) is 12.1 Å². The maximum atomic E-state index is 12.6. The quantitative estimate of drug-likeness (QED) is 0.743. The third-order valence-corrected chi connectivity index (χ3v) is 3.30. The average Bonchev–Trinajstić information content (AvgIpc) is 2.59. The van der Waals surface area contributed by atoms with Crippen molar-refractivity contribution in [2.45, 2.75) is 13.1 Å². The van der Waals surface area contributed by atoms with Crippen molar-refractivity contribution in [3.63, 3.8) is 0 Å². The fourth-order valence-electron chi connectivity index (χ4n) is 2.17. The van der Waals surface area contributed by atoms with Crippen molar-refractivity contribution in [2.24, 2.45) is 0 Å². The Hall–Kier alpha value is -3.01. The summed E-state index contributed by atoms with van der Waals surface area (Å²) in [7, 11) is 1.47. The molecule has 1 aromatic carbocycles. The van der Waals surface area contributed by atoms with E-state index in [1.165, 1.54) is 13.2 Å². The number of pyridine rings is 1. The summed E-state index contributed by atoms with van der Waals surface area (Å²) in [6.45, 7) is 2.27. The minimum absolute atomic E-state index is 0.112. The van der Waals surface area contributed by atoms with Gasteiger partial charge in [0.25, 0.3) is 0 Å². The molecule has 0 N–H and O–H groups in total. The standard InChI is InChI=1S/C18H15F3N2O2/c1-3-25-16-6-4-5-12(17(16)24-2)9-13(10-22)15-8-7-14(11-23-15)18(19,20)21/h4-9,11H,3H2,1-2H3/b13-9+. The number of halogens is 3. The van der Waals surface area contributed by atoms with Crippen LogP contribution in [0.2, 0.25) is 0 Å². The van der Waals surface area contributed by atoms with Gasteiger partial charge in [0.15, 0.2) is 11.5 Å². The fourth-order valence-corrected chi connectivity index (χ4v) is 2.17. The molecule has 0 fully saturated rings. The highest BCUT2D eigenvalue weighted by Crippen LogP contribution is 2.34. The van der Waals surface area contributed by atoms with Crippen molar-refractivity contribution in [1.29, 1.82) is 5.26 Å². The molecule has 0 saturated heterocycles. The molecule has 1 heterocycles. The lowest BCUT2D eigenvalue weighted by Crippen LogP contribution is -2.05. The maximum Gasteiger partial charge on any atom is 0.417 e. The van der Waals surface area contributed by atoms with Crippen LogP contribution < -0.4 is 9.47 Å². The third kappa shape index (κ3) is 4.29. The summed E-state index contributed by atoms with van der Waals surface area (Å²) in [6.07, 6.45) is -2.28. The SMILES string of the molecule is CCOc1cccc(/C=C(\C#N)c2ccc(C(F)(F)F)cn2)c1OC. The lowest BCUT2D eigenvalue weighted by Gasteiger charge is -2.12. The smallest absolute Gasteiger partial charge is 0.417 e. The Bertz CT molecular complexity index is 807. The van der Waals surface area contributed by atoms with E-state index in [-0.39, 0.29) is 11.3 Å². The van der Waals surface area contributed by atoms with Crippen LogP contribution in [0.5, 0.6) is 11.5 Å². The van der Waals surface area contributed by atoms with Crippen LogP contribution in [0.15, 0.2) is 36.5 Å². The number of aromatic nitrogens is 1. The molecule has 0 aliphatic heterocycles. The molecule has 0 spiro atoms. The van der Waals surface area contributed by atoms with E-state index >= 15 is 0 Å². The highest BCUT2D eigenvalue weighted by molar-refractivity contribution is 5.89. The molecule has 25 heavy (non-hydrogen) atoms.